The summed E-state index contributed by atoms with van der Waals surface area (Å²) < 4.78 is 5.54. The van der Waals surface area contributed by atoms with E-state index in [-0.39, 0.29) is 16.8 Å². The van der Waals surface area contributed by atoms with E-state index in [2.05, 4.69) is 5.32 Å². The minimum absolute atomic E-state index is 0.0242. The SMILES string of the molecule is CC1=C(C(=O)O)C(c2cccc([N+](=O)[O-])c2)C(C(=O)OCC2CCCC2)=C(C)N1. The van der Waals surface area contributed by atoms with Gasteiger partial charge in [-0.2, -0.15) is 0 Å². The third-order valence-electron chi connectivity index (χ3n) is 5.55. The van der Waals surface area contributed by atoms with Crippen molar-refractivity contribution >= 4 is 17.6 Å². The van der Waals surface area contributed by atoms with E-state index >= 15 is 0 Å². The number of nitrogens with zero attached hydrogens (tertiary/aromatic N) is 1. The molecule has 8 heteroatoms. The Balaban J connectivity index is 2.00. The summed E-state index contributed by atoms with van der Waals surface area (Å²) in [6, 6.07) is 5.72. The number of nitro groups is 1. The second-order valence-electron chi connectivity index (χ2n) is 7.54. The molecule has 1 fully saturated rings. The molecule has 8 nitrogen and oxygen atoms in total. The maximum Gasteiger partial charge on any atom is 0.336 e. The molecule has 0 amide bonds. The Morgan fingerprint density at radius 3 is 2.48 bits per heavy atom. The van der Waals surface area contributed by atoms with Crippen molar-refractivity contribution in [3.63, 3.8) is 0 Å². The molecular weight excluding hydrogens is 376 g/mol. The van der Waals surface area contributed by atoms with Gasteiger partial charge in [-0.15, -0.1) is 0 Å². The van der Waals surface area contributed by atoms with Gasteiger partial charge < -0.3 is 15.2 Å². The summed E-state index contributed by atoms with van der Waals surface area (Å²) in [5, 5.41) is 24.0. The van der Waals surface area contributed by atoms with Gasteiger partial charge in [-0.1, -0.05) is 25.0 Å². The summed E-state index contributed by atoms with van der Waals surface area (Å²) in [4.78, 5) is 35.6. The topological polar surface area (TPSA) is 119 Å². The molecule has 0 saturated heterocycles. The highest BCUT2D eigenvalue weighted by Crippen LogP contribution is 2.40. The van der Waals surface area contributed by atoms with Gasteiger partial charge in [0.25, 0.3) is 5.69 Å². The predicted octanol–water partition coefficient (Wildman–Crippen LogP) is 3.65. The monoisotopic (exact) mass is 400 g/mol. The number of hydrogen-bond acceptors (Lipinski definition) is 6. The second kappa shape index (κ2) is 8.46. The molecule has 154 valence electrons. The van der Waals surface area contributed by atoms with E-state index in [0.717, 1.165) is 25.7 Å². The quantitative estimate of drug-likeness (QED) is 0.425. The van der Waals surface area contributed by atoms with Crippen LogP contribution in [0.1, 0.15) is 51.0 Å². The van der Waals surface area contributed by atoms with Crippen molar-refractivity contribution in [3.8, 4) is 0 Å². The van der Waals surface area contributed by atoms with Crippen LogP contribution in [0.3, 0.4) is 0 Å². The van der Waals surface area contributed by atoms with Crippen molar-refractivity contribution in [2.45, 2.75) is 45.4 Å². The van der Waals surface area contributed by atoms with Crippen LogP contribution >= 0.6 is 0 Å². The molecule has 0 spiro atoms. The van der Waals surface area contributed by atoms with Gasteiger partial charge in [0.05, 0.1) is 28.6 Å². The van der Waals surface area contributed by atoms with E-state index in [1.807, 2.05) is 0 Å². The van der Waals surface area contributed by atoms with Crippen LogP contribution in [0.5, 0.6) is 0 Å². The molecule has 1 saturated carbocycles. The maximum atomic E-state index is 13.0. The number of non-ortho nitro benzene ring substituents is 1. The van der Waals surface area contributed by atoms with Crippen LogP contribution in [0, 0.1) is 16.0 Å². The Morgan fingerprint density at radius 2 is 1.86 bits per heavy atom. The molecule has 1 aliphatic heterocycles. The largest absolute Gasteiger partial charge is 0.478 e. The molecule has 0 radical (unpaired) electrons. The van der Waals surface area contributed by atoms with Crippen molar-refractivity contribution < 1.29 is 24.4 Å². The van der Waals surface area contributed by atoms with E-state index in [1.165, 1.54) is 18.2 Å². The van der Waals surface area contributed by atoms with Gasteiger partial charge in [0, 0.05) is 23.5 Å². The number of carbonyl (C=O) groups excluding carboxylic acids is 1. The van der Waals surface area contributed by atoms with Crippen LogP contribution in [0.2, 0.25) is 0 Å². The molecule has 1 aromatic carbocycles. The molecule has 0 bridgehead atoms. The summed E-state index contributed by atoms with van der Waals surface area (Å²) in [7, 11) is 0. The lowest BCUT2D eigenvalue weighted by atomic mass is 9.80. The normalized spacial score (nSPS) is 19.9. The molecular formula is C21H24N2O6. The first-order valence-electron chi connectivity index (χ1n) is 9.63. The lowest BCUT2D eigenvalue weighted by Gasteiger charge is -2.29. The summed E-state index contributed by atoms with van der Waals surface area (Å²) in [5.74, 6) is -2.42. The molecule has 0 aromatic heterocycles. The van der Waals surface area contributed by atoms with Crippen LogP contribution in [-0.2, 0) is 14.3 Å². The van der Waals surface area contributed by atoms with E-state index < -0.39 is 22.8 Å². The molecule has 2 aliphatic rings. The lowest BCUT2D eigenvalue weighted by molar-refractivity contribution is -0.384. The first-order valence-corrected chi connectivity index (χ1v) is 9.63. The number of allylic oxidation sites excluding steroid dienone is 2. The van der Waals surface area contributed by atoms with Crippen molar-refractivity contribution in [1.82, 2.24) is 5.32 Å². The van der Waals surface area contributed by atoms with Crippen LogP contribution in [0.4, 0.5) is 5.69 Å². The number of carboxylic acids is 1. The number of esters is 1. The van der Waals surface area contributed by atoms with Gasteiger partial charge in [-0.3, -0.25) is 10.1 Å². The highest BCUT2D eigenvalue weighted by molar-refractivity contribution is 5.99. The molecule has 1 heterocycles. The first kappa shape index (κ1) is 20.6. The zero-order chi connectivity index (χ0) is 21.1. The molecule has 1 unspecified atom stereocenters. The van der Waals surface area contributed by atoms with Crippen LogP contribution in [0.15, 0.2) is 46.8 Å². The van der Waals surface area contributed by atoms with Crippen molar-refractivity contribution in [2.75, 3.05) is 6.61 Å². The molecule has 3 rings (SSSR count). The second-order valence-corrected chi connectivity index (χ2v) is 7.54. The third-order valence-corrected chi connectivity index (χ3v) is 5.55. The Hall–Kier alpha value is -3.16. The number of dihydropyridines is 1. The fourth-order valence-electron chi connectivity index (χ4n) is 4.15. The fourth-order valence-corrected chi connectivity index (χ4v) is 4.15. The molecule has 29 heavy (non-hydrogen) atoms. The number of ether oxygens (including phenoxy) is 1. The van der Waals surface area contributed by atoms with Crippen molar-refractivity contribution in [3.05, 3.63) is 62.5 Å². The van der Waals surface area contributed by atoms with E-state index in [9.17, 15) is 24.8 Å². The summed E-state index contributed by atoms with van der Waals surface area (Å²) in [5.41, 5.74) is 1.22. The average Bonchev–Trinajstić information content (AvgIpc) is 3.18. The summed E-state index contributed by atoms with van der Waals surface area (Å²) >= 11 is 0. The number of carbonyl (C=O) groups is 2. The Morgan fingerprint density at radius 1 is 1.21 bits per heavy atom. The van der Waals surface area contributed by atoms with Gasteiger partial charge in [0.1, 0.15) is 0 Å². The Bertz CT molecular complexity index is 912. The van der Waals surface area contributed by atoms with Crippen molar-refractivity contribution in [2.24, 2.45) is 5.92 Å². The smallest absolute Gasteiger partial charge is 0.336 e. The maximum absolute atomic E-state index is 13.0. The van der Waals surface area contributed by atoms with E-state index in [0.29, 0.717) is 29.5 Å². The number of aliphatic carboxylic acids is 1. The molecule has 1 aromatic rings. The zero-order valence-electron chi connectivity index (χ0n) is 16.4. The Kier molecular flexibility index (Phi) is 6.00. The Labute approximate surface area is 168 Å². The summed E-state index contributed by atoms with van der Waals surface area (Å²) in [6.45, 7) is 3.58. The molecule has 2 N–H and O–H groups in total. The van der Waals surface area contributed by atoms with Gasteiger partial charge in [0.15, 0.2) is 0 Å². The van der Waals surface area contributed by atoms with E-state index in [1.54, 1.807) is 19.9 Å². The highest BCUT2D eigenvalue weighted by atomic mass is 16.6. The fraction of sp³-hybridized carbons (Fsp3) is 0.429. The number of rotatable bonds is 6. The number of hydrogen-bond donors (Lipinski definition) is 2. The standard InChI is InChI=1S/C21H24N2O6/c1-12-17(20(24)25)19(15-8-5-9-16(10-15)23(27)28)18(13(2)22-12)21(26)29-11-14-6-3-4-7-14/h5,8-10,14,19,22H,3-4,6-7,11H2,1-2H3,(H,24,25). The lowest BCUT2D eigenvalue weighted by Crippen LogP contribution is -2.32. The van der Waals surface area contributed by atoms with Crippen LogP contribution < -0.4 is 5.32 Å². The number of nitrogens with one attached hydrogen (secondary N) is 1. The molecule has 1 aliphatic carbocycles. The van der Waals surface area contributed by atoms with Gasteiger partial charge in [0.2, 0.25) is 0 Å². The number of carboxylic acid groups (broad SMARTS) is 1. The predicted molar refractivity (Wildman–Crippen MR) is 105 cm³/mol. The number of benzene rings is 1. The minimum atomic E-state index is -1.19. The van der Waals surface area contributed by atoms with Gasteiger partial charge in [-0.05, 0) is 38.2 Å². The van der Waals surface area contributed by atoms with E-state index in [4.69, 9.17) is 4.74 Å². The minimum Gasteiger partial charge on any atom is -0.478 e. The van der Waals surface area contributed by atoms with Crippen LogP contribution in [-0.4, -0.2) is 28.6 Å². The zero-order valence-corrected chi connectivity index (χ0v) is 16.4. The van der Waals surface area contributed by atoms with Gasteiger partial charge >= 0.3 is 11.9 Å². The average molecular weight is 400 g/mol. The van der Waals surface area contributed by atoms with Crippen LogP contribution in [0.25, 0.3) is 0 Å². The van der Waals surface area contributed by atoms with Crippen molar-refractivity contribution in [1.29, 1.82) is 0 Å². The third kappa shape index (κ3) is 4.31. The number of nitro benzene ring substituents is 1. The molecule has 1 atom stereocenters. The summed E-state index contributed by atoms with van der Waals surface area (Å²) in [6.07, 6.45) is 4.26. The first-order chi connectivity index (χ1) is 13.8. The highest BCUT2D eigenvalue weighted by Gasteiger charge is 2.38. The van der Waals surface area contributed by atoms with Gasteiger partial charge in [-0.25, -0.2) is 9.59 Å².